The van der Waals surface area contributed by atoms with E-state index in [1.54, 1.807) is 4.90 Å². The minimum absolute atomic E-state index is 0.128. The zero-order valence-corrected chi connectivity index (χ0v) is 11.1. The first-order valence-electron chi connectivity index (χ1n) is 6.50. The molecule has 7 heteroatoms. The molecule has 0 spiro atoms. The highest BCUT2D eigenvalue weighted by molar-refractivity contribution is 6.01. The molecular weight excluding hydrogens is 265 g/mol. The van der Waals surface area contributed by atoms with Crippen molar-refractivity contribution in [3.63, 3.8) is 0 Å². The summed E-state index contributed by atoms with van der Waals surface area (Å²) in [5.41, 5.74) is 4.68. The number of nitrogen functional groups attached to an aromatic ring is 1. The summed E-state index contributed by atoms with van der Waals surface area (Å²) < 4.78 is 13.5. The van der Waals surface area contributed by atoms with E-state index in [9.17, 15) is 19.3 Å². The molecule has 6 nitrogen and oxygen atoms in total. The van der Waals surface area contributed by atoms with Crippen molar-refractivity contribution < 1.29 is 14.1 Å². The summed E-state index contributed by atoms with van der Waals surface area (Å²) in [5.74, 6) is -1.27. The molecule has 0 atom stereocenters. The van der Waals surface area contributed by atoms with Gasteiger partial charge in [-0.05, 0) is 25.3 Å². The fourth-order valence-corrected chi connectivity index (χ4v) is 2.16. The fraction of sp³-hybridized carbons (Fsp3) is 0.462. The summed E-state index contributed by atoms with van der Waals surface area (Å²) >= 11 is 0. The average molecular weight is 281 g/mol. The molecule has 0 aromatic heterocycles. The molecule has 1 saturated carbocycles. The summed E-state index contributed by atoms with van der Waals surface area (Å²) in [6.07, 6.45) is 2.58. The van der Waals surface area contributed by atoms with Crippen molar-refractivity contribution in [3.8, 4) is 0 Å². The Kier molecular flexibility index (Phi) is 3.87. The zero-order valence-electron chi connectivity index (χ0n) is 11.1. The zero-order chi connectivity index (χ0) is 14.9. The Hall–Kier alpha value is -2.18. The third-order valence-corrected chi connectivity index (χ3v) is 3.26. The quantitative estimate of drug-likeness (QED) is 0.509. The van der Waals surface area contributed by atoms with Crippen LogP contribution >= 0.6 is 0 Å². The van der Waals surface area contributed by atoms with Crippen LogP contribution in [-0.2, 0) is 0 Å². The lowest BCUT2D eigenvalue weighted by molar-refractivity contribution is -0.384. The maximum Gasteiger partial charge on any atom is 0.295 e. The number of rotatable bonds is 5. The van der Waals surface area contributed by atoms with E-state index in [1.807, 2.05) is 6.92 Å². The summed E-state index contributed by atoms with van der Waals surface area (Å²) in [6.45, 7) is 2.47. The third-order valence-electron chi connectivity index (χ3n) is 3.26. The van der Waals surface area contributed by atoms with E-state index in [1.165, 1.54) is 0 Å². The number of carbonyl (C=O) groups is 1. The Labute approximate surface area is 115 Å². The second kappa shape index (κ2) is 5.44. The summed E-state index contributed by atoms with van der Waals surface area (Å²) in [7, 11) is 0. The molecular formula is C13H16FN3O3. The first-order valence-corrected chi connectivity index (χ1v) is 6.50. The topological polar surface area (TPSA) is 89.5 Å². The largest absolute Gasteiger partial charge is 0.393 e. The molecule has 1 aliphatic carbocycles. The first kappa shape index (κ1) is 14.2. The van der Waals surface area contributed by atoms with Gasteiger partial charge in [-0.15, -0.1) is 0 Å². The molecule has 0 aliphatic heterocycles. The van der Waals surface area contributed by atoms with Gasteiger partial charge in [0.15, 0.2) is 0 Å². The van der Waals surface area contributed by atoms with Crippen LogP contribution in [0.25, 0.3) is 0 Å². The van der Waals surface area contributed by atoms with E-state index in [0.29, 0.717) is 6.54 Å². The fourth-order valence-electron chi connectivity index (χ4n) is 2.16. The highest BCUT2D eigenvalue weighted by Gasteiger charge is 2.34. The van der Waals surface area contributed by atoms with E-state index in [0.717, 1.165) is 31.4 Å². The standard InChI is InChI=1S/C13H16FN3O3/c1-2-5-16(9-3-4-9)13(18)10-6-8(14)7-11(12(10)15)17(19)20/h6-7,9H,2-5,15H2,1H3. The number of amides is 1. The highest BCUT2D eigenvalue weighted by atomic mass is 19.1. The van der Waals surface area contributed by atoms with Crippen molar-refractivity contribution in [2.24, 2.45) is 0 Å². The maximum absolute atomic E-state index is 13.5. The van der Waals surface area contributed by atoms with Crippen molar-refractivity contribution in [1.29, 1.82) is 0 Å². The Morgan fingerprint density at radius 1 is 1.55 bits per heavy atom. The Balaban J connectivity index is 2.40. The van der Waals surface area contributed by atoms with Crippen LogP contribution in [0.15, 0.2) is 12.1 Å². The van der Waals surface area contributed by atoms with Crippen LogP contribution in [-0.4, -0.2) is 28.3 Å². The van der Waals surface area contributed by atoms with Gasteiger partial charge in [-0.25, -0.2) is 4.39 Å². The van der Waals surface area contributed by atoms with Crippen LogP contribution in [0, 0.1) is 15.9 Å². The van der Waals surface area contributed by atoms with E-state index in [-0.39, 0.29) is 17.3 Å². The van der Waals surface area contributed by atoms with Crippen LogP contribution in [0.2, 0.25) is 0 Å². The number of halogens is 1. The number of nitro benzene ring substituents is 1. The first-order chi connectivity index (χ1) is 9.45. The maximum atomic E-state index is 13.5. The molecule has 0 saturated heterocycles. The lowest BCUT2D eigenvalue weighted by Crippen LogP contribution is -2.34. The second-order valence-electron chi connectivity index (χ2n) is 4.87. The predicted octanol–water partition coefficient (Wildman–Crippen LogP) is 2.33. The molecule has 20 heavy (non-hydrogen) atoms. The van der Waals surface area contributed by atoms with Crippen molar-refractivity contribution in [2.45, 2.75) is 32.2 Å². The monoisotopic (exact) mass is 281 g/mol. The SMILES string of the molecule is CCCN(C(=O)c1cc(F)cc([N+](=O)[O-])c1N)C1CC1. The molecule has 2 rings (SSSR count). The minimum atomic E-state index is -0.832. The molecule has 1 aliphatic rings. The van der Waals surface area contributed by atoms with Crippen LogP contribution in [0.1, 0.15) is 36.5 Å². The molecule has 0 radical (unpaired) electrons. The Bertz CT molecular complexity index is 558. The highest BCUT2D eigenvalue weighted by Crippen LogP contribution is 2.32. The summed E-state index contributed by atoms with van der Waals surface area (Å²) in [4.78, 5) is 24.1. The molecule has 0 unspecified atom stereocenters. The van der Waals surface area contributed by atoms with E-state index < -0.39 is 22.3 Å². The summed E-state index contributed by atoms with van der Waals surface area (Å²) in [5, 5.41) is 10.8. The predicted molar refractivity (Wildman–Crippen MR) is 71.8 cm³/mol. The van der Waals surface area contributed by atoms with Crippen molar-refractivity contribution in [2.75, 3.05) is 12.3 Å². The van der Waals surface area contributed by atoms with Gasteiger partial charge in [0.1, 0.15) is 11.5 Å². The minimum Gasteiger partial charge on any atom is -0.393 e. The average Bonchev–Trinajstić information content (AvgIpc) is 3.21. The lowest BCUT2D eigenvalue weighted by Gasteiger charge is -2.22. The van der Waals surface area contributed by atoms with Gasteiger partial charge in [0, 0.05) is 12.6 Å². The van der Waals surface area contributed by atoms with Gasteiger partial charge in [-0.2, -0.15) is 0 Å². The van der Waals surface area contributed by atoms with Gasteiger partial charge in [-0.3, -0.25) is 14.9 Å². The molecule has 0 heterocycles. The number of anilines is 1. The van der Waals surface area contributed by atoms with Crippen LogP contribution in [0.3, 0.4) is 0 Å². The molecule has 1 fully saturated rings. The summed E-state index contributed by atoms with van der Waals surface area (Å²) in [6, 6.07) is 1.84. The van der Waals surface area contributed by atoms with Gasteiger partial charge in [0.25, 0.3) is 11.6 Å². The van der Waals surface area contributed by atoms with Gasteiger partial charge in [0.05, 0.1) is 16.6 Å². The number of hydrogen-bond acceptors (Lipinski definition) is 4. The van der Waals surface area contributed by atoms with E-state index in [4.69, 9.17) is 5.73 Å². The second-order valence-corrected chi connectivity index (χ2v) is 4.87. The number of hydrogen-bond donors (Lipinski definition) is 1. The smallest absolute Gasteiger partial charge is 0.295 e. The number of nitrogens with two attached hydrogens (primary N) is 1. The number of carbonyl (C=O) groups excluding carboxylic acids is 1. The van der Waals surface area contributed by atoms with Crippen molar-refractivity contribution >= 4 is 17.3 Å². The molecule has 1 amide bonds. The normalized spacial score (nSPS) is 14.1. The molecule has 1 aromatic rings. The lowest BCUT2D eigenvalue weighted by atomic mass is 10.1. The van der Waals surface area contributed by atoms with Gasteiger partial charge >= 0.3 is 0 Å². The number of nitrogens with zero attached hydrogens (tertiary/aromatic N) is 2. The number of nitro groups is 1. The van der Waals surface area contributed by atoms with Gasteiger partial charge in [-0.1, -0.05) is 6.92 Å². The van der Waals surface area contributed by atoms with Crippen LogP contribution in [0.4, 0.5) is 15.8 Å². The number of benzene rings is 1. The Morgan fingerprint density at radius 2 is 2.20 bits per heavy atom. The van der Waals surface area contributed by atoms with Gasteiger partial charge in [0.2, 0.25) is 0 Å². The molecule has 2 N–H and O–H groups in total. The molecule has 108 valence electrons. The van der Waals surface area contributed by atoms with Crippen molar-refractivity contribution in [3.05, 3.63) is 33.6 Å². The van der Waals surface area contributed by atoms with Crippen molar-refractivity contribution in [1.82, 2.24) is 4.90 Å². The Morgan fingerprint density at radius 3 is 2.70 bits per heavy atom. The van der Waals surface area contributed by atoms with Gasteiger partial charge < -0.3 is 10.6 Å². The third kappa shape index (κ3) is 2.71. The molecule has 0 bridgehead atoms. The van der Waals surface area contributed by atoms with Crippen LogP contribution in [0.5, 0.6) is 0 Å². The van der Waals surface area contributed by atoms with Crippen LogP contribution < -0.4 is 5.73 Å². The van der Waals surface area contributed by atoms with E-state index in [2.05, 4.69) is 0 Å². The molecule has 1 aromatic carbocycles. The van der Waals surface area contributed by atoms with E-state index >= 15 is 0 Å².